The van der Waals surface area contributed by atoms with Crippen molar-refractivity contribution >= 4 is 44.2 Å². The Hall–Kier alpha value is -4.75. The van der Waals surface area contributed by atoms with Crippen LogP contribution in [-0.2, 0) is 0 Å². The third-order valence-corrected chi connectivity index (χ3v) is 7.37. The lowest BCUT2D eigenvalue weighted by Gasteiger charge is -2.08. The third kappa shape index (κ3) is 2.93. The Kier molecular flexibility index (Phi) is 4.00. The molecule has 0 N–H and O–H groups in total. The molecule has 5 aromatic heterocycles. The number of oxazole rings is 1. The van der Waals surface area contributed by atoms with Gasteiger partial charge < -0.3 is 4.42 Å². The zero-order valence-corrected chi connectivity index (χ0v) is 19.7. The molecule has 0 radical (unpaired) electrons. The first-order chi connectivity index (χ1) is 17.8. The number of hydrogen-bond acceptors (Lipinski definition) is 5. The van der Waals surface area contributed by atoms with Gasteiger partial charge in [-0.25, -0.2) is 9.97 Å². The Labute approximate surface area is 208 Å². The van der Waals surface area contributed by atoms with Crippen LogP contribution in [0.5, 0.6) is 0 Å². The second-order valence-electron chi connectivity index (χ2n) is 8.73. The Morgan fingerprint density at radius 2 is 1.31 bits per heavy atom. The molecule has 0 saturated carbocycles. The third-order valence-electron chi connectivity index (χ3n) is 6.62. The van der Waals surface area contributed by atoms with Crippen molar-refractivity contribution in [3.8, 4) is 33.6 Å². The Morgan fingerprint density at radius 3 is 2.22 bits per heavy atom. The average Bonchev–Trinajstić information content (AvgIpc) is 3.70. The SMILES string of the molecule is c1cc(-c2ccc3nc4occn4c3c2)cc(-c2cccc(-c3ccc4nc5sccn5c4c3)n2)c1. The molecule has 36 heavy (non-hydrogen) atoms. The van der Waals surface area contributed by atoms with Gasteiger partial charge in [0.15, 0.2) is 4.96 Å². The number of nitrogens with zero attached hydrogens (tertiary/aromatic N) is 5. The van der Waals surface area contributed by atoms with Gasteiger partial charge in [0.25, 0.3) is 0 Å². The molecule has 0 aliphatic heterocycles. The highest BCUT2D eigenvalue weighted by Gasteiger charge is 2.11. The Bertz CT molecular complexity index is 1930. The minimum Gasteiger partial charge on any atom is -0.432 e. The molecule has 6 nitrogen and oxygen atoms in total. The molecule has 0 saturated heterocycles. The van der Waals surface area contributed by atoms with Crippen molar-refractivity contribution in [3.05, 3.63) is 103 Å². The first kappa shape index (κ1) is 19.5. The molecule has 0 amide bonds. The van der Waals surface area contributed by atoms with Gasteiger partial charge in [0, 0.05) is 28.9 Å². The Morgan fingerprint density at radius 1 is 0.611 bits per heavy atom. The molecule has 7 heteroatoms. The lowest BCUT2D eigenvalue weighted by Crippen LogP contribution is -1.89. The van der Waals surface area contributed by atoms with Crippen molar-refractivity contribution in [1.29, 1.82) is 0 Å². The molecule has 8 aromatic rings. The van der Waals surface area contributed by atoms with Crippen LogP contribution in [0.1, 0.15) is 0 Å². The summed E-state index contributed by atoms with van der Waals surface area (Å²) in [6.45, 7) is 0. The molecular formula is C29H17N5OS. The predicted octanol–water partition coefficient (Wildman–Crippen LogP) is 7.34. The molecule has 0 fully saturated rings. The summed E-state index contributed by atoms with van der Waals surface area (Å²) in [5, 5.41) is 2.06. The van der Waals surface area contributed by atoms with Crippen LogP contribution in [0, 0.1) is 0 Å². The van der Waals surface area contributed by atoms with Crippen LogP contribution < -0.4 is 0 Å². The number of imidazole rings is 2. The maximum atomic E-state index is 5.45. The second-order valence-corrected chi connectivity index (χ2v) is 9.60. The van der Waals surface area contributed by atoms with Gasteiger partial charge in [0.1, 0.15) is 6.26 Å². The molecule has 0 atom stereocenters. The molecule has 0 spiro atoms. The van der Waals surface area contributed by atoms with Crippen LogP contribution in [-0.4, -0.2) is 23.8 Å². The van der Waals surface area contributed by atoms with Gasteiger partial charge in [-0.2, -0.15) is 4.98 Å². The van der Waals surface area contributed by atoms with E-state index in [0.717, 1.165) is 60.7 Å². The minimum absolute atomic E-state index is 0.603. The van der Waals surface area contributed by atoms with Crippen LogP contribution in [0.15, 0.2) is 107 Å². The largest absolute Gasteiger partial charge is 0.432 e. The minimum atomic E-state index is 0.603. The summed E-state index contributed by atoms with van der Waals surface area (Å²) in [7, 11) is 0. The normalized spacial score (nSPS) is 11.9. The molecular weight excluding hydrogens is 466 g/mol. The Balaban J connectivity index is 1.20. The maximum Gasteiger partial charge on any atom is 0.306 e. The summed E-state index contributed by atoms with van der Waals surface area (Å²) in [5.74, 6) is 0.603. The lowest BCUT2D eigenvalue weighted by molar-refractivity contribution is 0.597. The van der Waals surface area contributed by atoms with E-state index in [1.807, 2.05) is 16.7 Å². The van der Waals surface area contributed by atoms with E-state index in [9.17, 15) is 0 Å². The van der Waals surface area contributed by atoms with E-state index in [0.29, 0.717) is 5.84 Å². The molecule has 0 aliphatic rings. The van der Waals surface area contributed by atoms with Crippen LogP contribution >= 0.6 is 11.3 Å². The van der Waals surface area contributed by atoms with E-state index in [2.05, 4.69) is 93.8 Å². The smallest absolute Gasteiger partial charge is 0.306 e. The molecule has 3 aromatic carbocycles. The fraction of sp³-hybridized carbons (Fsp3) is 0. The highest BCUT2D eigenvalue weighted by atomic mass is 32.1. The number of thiazole rings is 1. The summed E-state index contributed by atoms with van der Waals surface area (Å²) in [4.78, 5) is 15.2. The van der Waals surface area contributed by atoms with Gasteiger partial charge in [-0.05, 0) is 53.6 Å². The fourth-order valence-electron chi connectivity index (χ4n) is 4.85. The number of pyridine rings is 1. The first-order valence-corrected chi connectivity index (χ1v) is 12.5. The summed E-state index contributed by atoms with van der Waals surface area (Å²) >= 11 is 1.64. The molecule has 0 bridgehead atoms. The topological polar surface area (TPSA) is 60.6 Å². The van der Waals surface area contributed by atoms with Crippen molar-refractivity contribution in [2.45, 2.75) is 0 Å². The van der Waals surface area contributed by atoms with Crippen molar-refractivity contribution in [1.82, 2.24) is 23.8 Å². The van der Waals surface area contributed by atoms with E-state index in [1.165, 1.54) is 0 Å². The number of hydrogen-bond donors (Lipinski definition) is 0. The van der Waals surface area contributed by atoms with E-state index < -0.39 is 0 Å². The summed E-state index contributed by atoms with van der Waals surface area (Å²) in [5.41, 5.74) is 10.3. The molecule has 8 rings (SSSR count). The van der Waals surface area contributed by atoms with Gasteiger partial charge in [-0.1, -0.05) is 36.4 Å². The van der Waals surface area contributed by atoms with Gasteiger partial charge in [0.05, 0.1) is 33.5 Å². The fourth-order valence-corrected chi connectivity index (χ4v) is 5.58. The van der Waals surface area contributed by atoms with Crippen molar-refractivity contribution < 1.29 is 4.42 Å². The molecule has 0 unspecified atom stereocenters. The standard InChI is InChI=1S/C29H17N5OS/c1-3-18(19-7-9-24-26(16-19)33-11-13-35-28(33)31-24)15-20(4-1)22-5-2-6-23(30-22)21-8-10-25-27(17-21)34-12-14-36-29(34)32-25/h1-17H. The van der Waals surface area contributed by atoms with Gasteiger partial charge in [-0.15, -0.1) is 11.3 Å². The summed E-state index contributed by atoms with van der Waals surface area (Å²) in [6, 6.07) is 27.3. The van der Waals surface area contributed by atoms with E-state index in [4.69, 9.17) is 14.4 Å². The van der Waals surface area contributed by atoms with Gasteiger partial charge >= 0.3 is 5.84 Å². The van der Waals surface area contributed by atoms with E-state index >= 15 is 0 Å². The summed E-state index contributed by atoms with van der Waals surface area (Å²) < 4.78 is 9.55. The molecule has 0 aliphatic carbocycles. The highest BCUT2D eigenvalue weighted by Crippen LogP contribution is 2.31. The van der Waals surface area contributed by atoms with Crippen LogP contribution in [0.3, 0.4) is 0 Å². The maximum absolute atomic E-state index is 5.45. The molecule has 5 heterocycles. The predicted molar refractivity (Wildman–Crippen MR) is 143 cm³/mol. The monoisotopic (exact) mass is 483 g/mol. The first-order valence-electron chi connectivity index (χ1n) is 11.6. The summed E-state index contributed by atoms with van der Waals surface area (Å²) in [6.07, 6.45) is 5.61. The number of rotatable bonds is 3. The lowest BCUT2D eigenvalue weighted by atomic mass is 10.0. The van der Waals surface area contributed by atoms with Crippen LogP contribution in [0.25, 0.3) is 66.5 Å². The quantitative estimate of drug-likeness (QED) is 0.264. The highest BCUT2D eigenvalue weighted by molar-refractivity contribution is 7.15. The van der Waals surface area contributed by atoms with Crippen LogP contribution in [0.2, 0.25) is 0 Å². The van der Waals surface area contributed by atoms with Gasteiger partial charge in [-0.3, -0.25) is 8.80 Å². The number of fused-ring (bicyclic) bond motifs is 6. The van der Waals surface area contributed by atoms with E-state index in [1.54, 1.807) is 17.6 Å². The average molecular weight is 484 g/mol. The number of benzene rings is 3. The van der Waals surface area contributed by atoms with Crippen molar-refractivity contribution in [2.24, 2.45) is 0 Å². The van der Waals surface area contributed by atoms with E-state index in [-0.39, 0.29) is 0 Å². The molecule has 170 valence electrons. The van der Waals surface area contributed by atoms with Crippen LogP contribution in [0.4, 0.5) is 0 Å². The zero-order valence-electron chi connectivity index (χ0n) is 18.9. The second kappa shape index (κ2) is 7.37. The van der Waals surface area contributed by atoms with Gasteiger partial charge in [0.2, 0.25) is 0 Å². The number of aromatic nitrogens is 5. The van der Waals surface area contributed by atoms with Crippen molar-refractivity contribution in [3.63, 3.8) is 0 Å². The zero-order chi connectivity index (χ0) is 23.6. The van der Waals surface area contributed by atoms with Crippen molar-refractivity contribution in [2.75, 3.05) is 0 Å².